The Bertz CT molecular complexity index is 578. The van der Waals surface area contributed by atoms with Gasteiger partial charge in [-0.15, -0.1) is 0 Å². The molecule has 0 radical (unpaired) electrons. The summed E-state index contributed by atoms with van der Waals surface area (Å²) in [5.74, 6) is 0.124. The standard InChI is InChI=1S/C16H22N2O4/c1-5-11(15(20)22-16(2,3)4)17-10-6-7-12-13(8-10)21-9-14(19)18-12/h6-8,11,17H,5,9H2,1-4H3,(H,18,19)/t11-/m1/s1. The molecule has 1 aliphatic rings. The Balaban J connectivity index is 2.08. The molecular weight excluding hydrogens is 284 g/mol. The van der Waals surface area contributed by atoms with Crippen LogP contribution in [0.15, 0.2) is 18.2 Å². The molecule has 0 unspecified atom stereocenters. The first-order valence-electron chi connectivity index (χ1n) is 7.34. The van der Waals surface area contributed by atoms with Crippen molar-refractivity contribution in [2.75, 3.05) is 17.2 Å². The van der Waals surface area contributed by atoms with Gasteiger partial charge in [-0.3, -0.25) is 4.79 Å². The Kier molecular flexibility index (Phi) is 4.59. The van der Waals surface area contributed by atoms with E-state index in [-0.39, 0.29) is 18.5 Å². The van der Waals surface area contributed by atoms with Crippen molar-refractivity contribution in [3.63, 3.8) is 0 Å². The van der Waals surface area contributed by atoms with Crippen LogP contribution in [0.25, 0.3) is 0 Å². The van der Waals surface area contributed by atoms with Gasteiger partial charge in [-0.05, 0) is 39.3 Å². The van der Waals surface area contributed by atoms with E-state index in [1.165, 1.54) is 0 Å². The van der Waals surface area contributed by atoms with E-state index in [1.807, 2.05) is 27.7 Å². The zero-order valence-corrected chi connectivity index (χ0v) is 13.4. The minimum Gasteiger partial charge on any atom is -0.482 e. The molecule has 22 heavy (non-hydrogen) atoms. The number of ether oxygens (including phenoxy) is 2. The third kappa shape index (κ3) is 4.13. The minimum atomic E-state index is -0.518. The van der Waals surface area contributed by atoms with Gasteiger partial charge in [-0.1, -0.05) is 6.92 Å². The van der Waals surface area contributed by atoms with Crippen molar-refractivity contribution in [1.82, 2.24) is 0 Å². The van der Waals surface area contributed by atoms with E-state index >= 15 is 0 Å². The number of carbonyl (C=O) groups excluding carboxylic acids is 2. The van der Waals surface area contributed by atoms with Gasteiger partial charge in [0.1, 0.15) is 17.4 Å². The molecule has 0 saturated carbocycles. The van der Waals surface area contributed by atoms with Crippen molar-refractivity contribution in [1.29, 1.82) is 0 Å². The Hall–Kier alpha value is -2.24. The Morgan fingerprint density at radius 2 is 2.18 bits per heavy atom. The summed E-state index contributed by atoms with van der Waals surface area (Å²) in [6.07, 6.45) is 0.601. The lowest BCUT2D eigenvalue weighted by atomic mass is 10.1. The molecule has 1 amide bonds. The molecular formula is C16H22N2O4. The normalized spacial score (nSPS) is 15.2. The van der Waals surface area contributed by atoms with Crippen molar-refractivity contribution in [3.05, 3.63) is 18.2 Å². The van der Waals surface area contributed by atoms with E-state index in [0.717, 1.165) is 5.69 Å². The maximum atomic E-state index is 12.2. The Morgan fingerprint density at radius 1 is 1.45 bits per heavy atom. The van der Waals surface area contributed by atoms with Gasteiger partial charge in [0.25, 0.3) is 5.91 Å². The van der Waals surface area contributed by atoms with Crippen LogP contribution >= 0.6 is 0 Å². The number of anilines is 2. The number of esters is 1. The van der Waals surface area contributed by atoms with Gasteiger partial charge in [0.15, 0.2) is 6.61 Å². The lowest BCUT2D eigenvalue weighted by molar-refractivity contribution is -0.155. The first-order chi connectivity index (χ1) is 10.3. The summed E-state index contributed by atoms with van der Waals surface area (Å²) in [5, 5.41) is 5.87. The molecule has 2 rings (SSSR count). The van der Waals surface area contributed by atoms with Crippen LogP contribution in [0.4, 0.5) is 11.4 Å². The van der Waals surface area contributed by atoms with Gasteiger partial charge in [0.2, 0.25) is 0 Å². The maximum Gasteiger partial charge on any atom is 0.329 e. The fraction of sp³-hybridized carbons (Fsp3) is 0.500. The third-order valence-corrected chi connectivity index (χ3v) is 3.05. The van der Waals surface area contributed by atoms with Crippen molar-refractivity contribution in [3.8, 4) is 5.75 Å². The van der Waals surface area contributed by atoms with Gasteiger partial charge in [0, 0.05) is 11.8 Å². The van der Waals surface area contributed by atoms with Crippen molar-refractivity contribution < 1.29 is 19.1 Å². The molecule has 1 atom stereocenters. The van der Waals surface area contributed by atoms with Gasteiger partial charge in [-0.25, -0.2) is 4.79 Å². The van der Waals surface area contributed by atoms with E-state index in [2.05, 4.69) is 10.6 Å². The highest BCUT2D eigenvalue weighted by Gasteiger charge is 2.24. The predicted octanol–water partition coefficient (Wildman–Crippen LogP) is 2.55. The van der Waals surface area contributed by atoms with Crippen LogP contribution < -0.4 is 15.4 Å². The first kappa shape index (κ1) is 16.1. The molecule has 1 aromatic carbocycles. The van der Waals surface area contributed by atoms with Crippen LogP contribution in [-0.2, 0) is 14.3 Å². The van der Waals surface area contributed by atoms with Crippen LogP contribution in [-0.4, -0.2) is 30.1 Å². The quantitative estimate of drug-likeness (QED) is 0.836. The number of hydrogen-bond acceptors (Lipinski definition) is 5. The second-order valence-electron chi connectivity index (χ2n) is 6.19. The summed E-state index contributed by atoms with van der Waals surface area (Å²) in [7, 11) is 0. The van der Waals surface area contributed by atoms with E-state index in [9.17, 15) is 9.59 Å². The monoisotopic (exact) mass is 306 g/mol. The zero-order valence-electron chi connectivity index (χ0n) is 13.4. The van der Waals surface area contributed by atoms with Crippen molar-refractivity contribution >= 4 is 23.3 Å². The number of rotatable bonds is 4. The van der Waals surface area contributed by atoms with Crippen LogP contribution in [0.2, 0.25) is 0 Å². The molecule has 2 N–H and O–H groups in total. The molecule has 6 nitrogen and oxygen atoms in total. The van der Waals surface area contributed by atoms with E-state index in [4.69, 9.17) is 9.47 Å². The largest absolute Gasteiger partial charge is 0.482 e. The number of amides is 1. The van der Waals surface area contributed by atoms with Crippen LogP contribution in [0, 0.1) is 0 Å². The molecule has 0 aromatic heterocycles. The Labute approximate surface area is 130 Å². The molecule has 0 bridgehead atoms. The second-order valence-corrected chi connectivity index (χ2v) is 6.19. The van der Waals surface area contributed by atoms with E-state index in [1.54, 1.807) is 18.2 Å². The van der Waals surface area contributed by atoms with Gasteiger partial charge >= 0.3 is 5.97 Å². The average Bonchev–Trinajstić information content (AvgIpc) is 2.42. The van der Waals surface area contributed by atoms with Gasteiger partial charge in [0.05, 0.1) is 5.69 Å². The summed E-state index contributed by atoms with van der Waals surface area (Å²) in [5.41, 5.74) is 0.856. The van der Waals surface area contributed by atoms with E-state index in [0.29, 0.717) is 17.9 Å². The molecule has 0 spiro atoms. The van der Waals surface area contributed by atoms with E-state index < -0.39 is 11.6 Å². The van der Waals surface area contributed by atoms with Crippen molar-refractivity contribution in [2.24, 2.45) is 0 Å². The summed E-state index contributed by atoms with van der Waals surface area (Å²) in [4.78, 5) is 23.4. The highest BCUT2D eigenvalue weighted by atomic mass is 16.6. The third-order valence-electron chi connectivity index (χ3n) is 3.05. The topological polar surface area (TPSA) is 76.7 Å². The number of carbonyl (C=O) groups is 2. The Morgan fingerprint density at radius 3 is 2.82 bits per heavy atom. The summed E-state index contributed by atoms with van der Waals surface area (Å²) >= 11 is 0. The van der Waals surface area contributed by atoms with Crippen LogP contribution in [0.5, 0.6) is 5.75 Å². The first-order valence-corrected chi connectivity index (χ1v) is 7.34. The highest BCUT2D eigenvalue weighted by Crippen LogP contribution is 2.31. The highest BCUT2D eigenvalue weighted by molar-refractivity contribution is 5.95. The molecule has 0 saturated heterocycles. The summed E-state index contributed by atoms with van der Waals surface area (Å²) in [6, 6.07) is 4.87. The molecule has 1 aliphatic heterocycles. The average molecular weight is 306 g/mol. The second kappa shape index (κ2) is 6.25. The molecule has 1 aromatic rings. The molecule has 0 fully saturated rings. The number of fused-ring (bicyclic) bond motifs is 1. The summed E-state index contributed by atoms with van der Waals surface area (Å²) < 4.78 is 10.8. The lowest BCUT2D eigenvalue weighted by Crippen LogP contribution is -2.36. The maximum absolute atomic E-state index is 12.2. The summed E-state index contributed by atoms with van der Waals surface area (Å²) in [6.45, 7) is 7.43. The fourth-order valence-corrected chi connectivity index (χ4v) is 2.07. The SMILES string of the molecule is CC[C@@H](Nc1ccc2c(c1)OCC(=O)N2)C(=O)OC(C)(C)C. The number of benzene rings is 1. The predicted molar refractivity (Wildman–Crippen MR) is 84.1 cm³/mol. The smallest absolute Gasteiger partial charge is 0.329 e. The molecule has 1 heterocycles. The van der Waals surface area contributed by atoms with Crippen molar-refractivity contribution in [2.45, 2.75) is 45.8 Å². The van der Waals surface area contributed by atoms with Crippen LogP contribution in [0.1, 0.15) is 34.1 Å². The molecule has 120 valence electrons. The van der Waals surface area contributed by atoms with Gasteiger partial charge < -0.3 is 20.1 Å². The lowest BCUT2D eigenvalue weighted by Gasteiger charge is -2.25. The minimum absolute atomic E-state index is 0.000272. The fourth-order valence-electron chi connectivity index (χ4n) is 2.07. The zero-order chi connectivity index (χ0) is 16.3. The molecule has 6 heteroatoms. The molecule has 0 aliphatic carbocycles. The van der Waals surface area contributed by atoms with Crippen LogP contribution in [0.3, 0.4) is 0 Å². The van der Waals surface area contributed by atoms with Gasteiger partial charge in [-0.2, -0.15) is 0 Å². The number of hydrogen-bond donors (Lipinski definition) is 2. The number of nitrogens with one attached hydrogen (secondary N) is 2.